The van der Waals surface area contributed by atoms with Gasteiger partial charge in [-0.15, -0.1) is 0 Å². The largest absolute Gasteiger partial charge is 0.350 e. The van der Waals surface area contributed by atoms with Gasteiger partial charge in [0.05, 0.1) is 0 Å². The number of aryl methyl sites for hydroxylation is 1. The van der Waals surface area contributed by atoms with E-state index in [0.717, 1.165) is 25.1 Å². The Kier molecular flexibility index (Phi) is 5.87. The number of nitrogens with one attached hydrogen (secondary N) is 2. The molecule has 2 N–H and O–H groups in total. The number of pyridine rings is 1. The molecule has 1 aromatic heterocycles. The lowest BCUT2D eigenvalue weighted by Crippen LogP contribution is -2.53. The van der Waals surface area contributed by atoms with Crippen molar-refractivity contribution < 1.29 is 9.59 Å². The first-order chi connectivity index (χ1) is 10.9. The van der Waals surface area contributed by atoms with Gasteiger partial charge in [0.15, 0.2) is 0 Å². The fourth-order valence-corrected chi connectivity index (χ4v) is 2.40. The maximum Gasteiger partial charge on any atom is 0.270 e. The molecule has 0 spiro atoms. The van der Waals surface area contributed by atoms with E-state index in [1.165, 1.54) is 0 Å². The number of nitrogens with zero attached hydrogens (tertiary/aromatic N) is 2. The Bertz CT molecular complexity index is 592. The molecule has 1 aromatic rings. The molecule has 0 saturated heterocycles. The third-order valence-corrected chi connectivity index (χ3v) is 3.68. The summed E-state index contributed by atoms with van der Waals surface area (Å²) in [5.41, 5.74) is 1.25. The summed E-state index contributed by atoms with van der Waals surface area (Å²) in [6.07, 6.45) is 4.90. The SMILES string of the molecule is Cc1cccc(C(=O)NC2CC(NC(=O)/C=C/CN(C)C)C2)n1. The molecule has 1 heterocycles. The van der Waals surface area contributed by atoms with Crippen molar-refractivity contribution in [2.24, 2.45) is 0 Å². The van der Waals surface area contributed by atoms with Crippen LogP contribution in [0.2, 0.25) is 0 Å². The fraction of sp³-hybridized carbons (Fsp3) is 0.471. The van der Waals surface area contributed by atoms with Crippen LogP contribution in [0, 0.1) is 6.92 Å². The van der Waals surface area contributed by atoms with Crippen LogP contribution in [0.5, 0.6) is 0 Å². The highest BCUT2D eigenvalue weighted by Crippen LogP contribution is 2.20. The highest BCUT2D eigenvalue weighted by Gasteiger charge is 2.31. The molecule has 0 unspecified atom stereocenters. The van der Waals surface area contributed by atoms with Crippen LogP contribution in [-0.2, 0) is 4.79 Å². The van der Waals surface area contributed by atoms with E-state index in [0.29, 0.717) is 5.69 Å². The van der Waals surface area contributed by atoms with E-state index in [4.69, 9.17) is 0 Å². The molecule has 0 bridgehead atoms. The van der Waals surface area contributed by atoms with Crippen LogP contribution < -0.4 is 10.6 Å². The van der Waals surface area contributed by atoms with E-state index < -0.39 is 0 Å². The normalized spacial score (nSPS) is 20.3. The number of carbonyl (C=O) groups is 2. The van der Waals surface area contributed by atoms with Crippen LogP contribution in [0.3, 0.4) is 0 Å². The van der Waals surface area contributed by atoms with E-state index in [-0.39, 0.29) is 23.9 Å². The number of rotatable bonds is 6. The van der Waals surface area contributed by atoms with Crippen molar-refractivity contribution in [2.45, 2.75) is 31.8 Å². The van der Waals surface area contributed by atoms with Gasteiger partial charge in [0.1, 0.15) is 5.69 Å². The molecule has 1 fully saturated rings. The van der Waals surface area contributed by atoms with Crippen LogP contribution >= 0.6 is 0 Å². The van der Waals surface area contributed by atoms with Gasteiger partial charge in [-0.3, -0.25) is 9.59 Å². The molecule has 2 amide bonds. The van der Waals surface area contributed by atoms with Gasteiger partial charge in [-0.25, -0.2) is 4.98 Å². The highest BCUT2D eigenvalue weighted by atomic mass is 16.2. The Morgan fingerprint density at radius 2 is 1.96 bits per heavy atom. The van der Waals surface area contributed by atoms with Gasteiger partial charge in [-0.1, -0.05) is 12.1 Å². The Morgan fingerprint density at radius 1 is 1.26 bits per heavy atom. The van der Waals surface area contributed by atoms with Gasteiger partial charge in [0, 0.05) is 30.4 Å². The molecule has 6 nitrogen and oxygen atoms in total. The average molecular weight is 316 g/mol. The van der Waals surface area contributed by atoms with Crippen molar-refractivity contribution in [2.75, 3.05) is 20.6 Å². The molecule has 0 aromatic carbocycles. The Labute approximate surface area is 137 Å². The molecule has 23 heavy (non-hydrogen) atoms. The topological polar surface area (TPSA) is 74.3 Å². The maximum absolute atomic E-state index is 12.1. The summed E-state index contributed by atoms with van der Waals surface area (Å²) >= 11 is 0. The molecular formula is C17H24N4O2. The smallest absolute Gasteiger partial charge is 0.270 e. The lowest BCUT2D eigenvalue weighted by Gasteiger charge is -2.35. The molecular weight excluding hydrogens is 292 g/mol. The lowest BCUT2D eigenvalue weighted by molar-refractivity contribution is -0.117. The average Bonchev–Trinajstić information content (AvgIpc) is 2.44. The van der Waals surface area contributed by atoms with Gasteiger partial charge in [-0.05, 0) is 46.0 Å². The van der Waals surface area contributed by atoms with E-state index >= 15 is 0 Å². The summed E-state index contributed by atoms with van der Waals surface area (Å²) in [6.45, 7) is 2.59. The van der Waals surface area contributed by atoms with E-state index in [2.05, 4.69) is 15.6 Å². The zero-order valence-corrected chi connectivity index (χ0v) is 13.9. The second-order valence-electron chi connectivity index (χ2n) is 6.18. The number of hydrogen-bond acceptors (Lipinski definition) is 4. The monoisotopic (exact) mass is 316 g/mol. The minimum atomic E-state index is -0.158. The summed E-state index contributed by atoms with van der Waals surface area (Å²) < 4.78 is 0. The predicted octanol–water partition coefficient (Wildman–Crippen LogP) is 0.885. The van der Waals surface area contributed by atoms with E-state index in [1.54, 1.807) is 12.1 Å². The minimum Gasteiger partial charge on any atom is -0.350 e. The van der Waals surface area contributed by atoms with Gasteiger partial charge in [0.2, 0.25) is 5.91 Å². The summed E-state index contributed by atoms with van der Waals surface area (Å²) in [7, 11) is 3.90. The molecule has 2 rings (SSSR count). The highest BCUT2D eigenvalue weighted by molar-refractivity contribution is 5.92. The first-order valence-electron chi connectivity index (χ1n) is 7.80. The number of likely N-dealkylation sites (N-methyl/N-ethyl adjacent to an activating group) is 1. The Hall–Kier alpha value is -2.21. The molecule has 0 radical (unpaired) electrons. The summed E-state index contributed by atoms with van der Waals surface area (Å²) in [5.74, 6) is -0.240. The number of hydrogen-bond donors (Lipinski definition) is 2. The van der Waals surface area contributed by atoms with Crippen LogP contribution in [0.1, 0.15) is 29.0 Å². The third kappa shape index (κ3) is 5.49. The molecule has 6 heteroatoms. The second kappa shape index (κ2) is 7.87. The second-order valence-corrected chi connectivity index (χ2v) is 6.18. The zero-order valence-electron chi connectivity index (χ0n) is 13.9. The van der Waals surface area contributed by atoms with Crippen LogP contribution in [0.4, 0.5) is 0 Å². The van der Waals surface area contributed by atoms with Gasteiger partial charge in [0.25, 0.3) is 5.91 Å². The molecule has 1 aliphatic rings. The summed E-state index contributed by atoms with van der Waals surface area (Å²) in [5, 5.41) is 5.87. The predicted molar refractivity (Wildman–Crippen MR) is 89.1 cm³/mol. The first kappa shape index (κ1) is 17.1. The van der Waals surface area contributed by atoms with Gasteiger partial charge >= 0.3 is 0 Å². The number of amides is 2. The zero-order chi connectivity index (χ0) is 16.8. The molecule has 0 aliphatic heterocycles. The van der Waals surface area contributed by atoms with Crippen molar-refractivity contribution in [1.82, 2.24) is 20.5 Å². The quantitative estimate of drug-likeness (QED) is 0.764. The molecule has 1 aliphatic carbocycles. The van der Waals surface area contributed by atoms with E-state index in [9.17, 15) is 9.59 Å². The van der Waals surface area contributed by atoms with Crippen molar-refractivity contribution in [1.29, 1.82) is 0 Å². The summed E-state index contributed by atoms with van der Waals surface area (Å²) in [4.78, 5) is 29.9. The van der Waals surface area contributed by atoms with Crippen molar-refractivity contribution in [3.05, 3.63) is 41.7 Å². The summed E-state index contributed by atoms with van der Waals surface area (Å²) in [6, 6.07) is 5.61. The van der Waals surface area contributed by atoms with Crippen LogP contribution in [0.15, 0.2) is 30.4 Å². The first-order valence-corrected chi connectivity index (χ1v) is 7.80. The van der Waals surface area contributed by atoms with Crippen molar-refractivity contribution in [3.63, 3.8) is 0 Å². The number of carbonyl (C=O) groups excluding carboxylic acids is 2. The molecule has 1 saturated carbocycles. The number of aromatic nitrogens is 1. The van der Waals surface area contributed by atoms with Crippen LogP contribution in [0.25, 0.3) is 0 Å². The maximum atomic E-state index is 12.1. The standard InChI is InChI=1S/C17H24N4O2/c1-12-6-4-7-15(18-12)17(23)20-14-10-13(11-14)19-16(22)8-5-9-21(2)3/h4-8,13-14H,9-11H2,1-3H3,(H,19,22)(H,20,23)/b8-5+. The van der Waals surface area contributed by atoms with E-state index in [1.807, 2.05) is 44.1 Å². The molecule has 124 valence electrons. The lowest BCUT2D eigenvalue weighted by atomic mass is 9.86. The Balaban J connectivity index is 1.70. The van der Waals surface area contributed by atoms with Crippen molar-refractivity contribution in [3.8, 4) is 0 Å². The molecule has 0 atom stereocenters. The Morgan fingerprint density at radius 3 is 2.61 bits per heavy atom. The van der Waals surface area contributed by atoms with Gasteiger partial charge in [-0.2, -0.15) is 0 Å². The minimum absolute atomic E-state index is 0.0815. The van der Waals surface area contributed by atoms with Crippen molar-refractivity contribution >= 4 is 11.8 Å². The third-order valence-electron chi connectivity index (χ3n) is 3.68. The van der Waals surface area contributed by atoms with Gasteiger partial charge < -0.3 is 15.5 Å². The fourth-order valence-electron chi connectivity index (χ4n) is 2.40. The van der Waals surface area contributed by atoms with Crippen LogP contribution in [-0.4, -0.2) is 54.4 Å².